The maximum Gasteiger partial charge on any atom is 0.271 e. The zero-order valence-corrected chi connectivity index (χ0v) is 11.8. The molecule has 0 aliphatic heterocycles. The fourth-order valence-corrected chi connectivity index (χ4v) is 2.11. The molecule has 8 heteroatoms. The van der Waals surface area contributed by atoms with Crippen LogP contribution in [0.3, 0.4) is 0 Å². The van der Waals surface area contributed by atoms with E-state index in [9.17, 15) is 9.18 Å². The molecule has 3 aromatic rings. The fourth-order valence-electron chi connectivity index (χ4n) is 2.00. The van der Waals surface area contributed by atoms with E-state index in [1.54, 1.807) is 24.3 Å². The van der Waals surface area contributed by atoms with Crippen LogP contribution < -0.4 is 5.73 Å². The minimum atomic E-state index is -0.670. The summed E-state index contributed by atoms with van der Waals surface area (Å²) in [7, 11) is 0. The topological polar surface area (TPSA) is 97.6 Å². The minimum Gasteiger partial charge on any atom is -0.364 e. The Morgan fingerprint density at radius 3 is 2.45 bits per heavy atom. The summed E-state index contributed by atoms with van der Waals surface area (Å²) in [6, 6.07) is 8.26. The standard InChI is InChI=1S/C14H9ClFN5O/c15-13-10(16)5-9(6-18-13)7-1-3-8(4-2-7)11-12(14(17)22)20-21-19-11/h1-6H,(H2,17,22)(H,19,20,21). The molecule has 0 atom stereocenters. The molecule has 0 saturated carbocycles. The third-order valence-corrected chi connectivity index (χ3v) is 3.35. The van der Waals surface area contributed by atoms with Gasteiger partial charge >= 0.3 is 0 Å². The number of rotatable bonds is 3. The third-order valence-electron chi connectivity index (χ3n) is 3.07. The van der Waals surface area contributed by atoms with Crippen LogP contribution in [0, 0.1) is 5.82 Å². The van der Waals surface area contributed by atoms with Crippen molar-refractivity contribution < 1.29 is 9.18 Å². The number of pyridine rings is 1. The van der Waals surface area contributed by atoms with Crippen LogP contribution in [-0.4, -0.2) is 26.3 Å². The second-order valence-electron chi connectivity index (χ2n) is 4.46. The van der Waals surface area contributed by atoms with Gasteiger partial charge in [0.1, 0.15) is 5.69 Å². The van der Waals surface area contributed by atoms with Crippen LogP contribution in [0.25, 0.3) is 22.4 Å². The van der Waals surface area contributed by atoms with E-state index in [-0.39, 0.29) is 10.8 Å². The van der Waals surface area contributed by atoms with Gasteiger partial charge in [0.25, 0.3) is 5.91 Å². The molecule has 0 aliphatic rings. The summed E-state index contributed by atoms with van der Waals surface area (Å²) in [6.45, 7) is 0. The van der Waals surface area contributed by atoms with Gasteiger partial charge in [-0.15, -0.1) is 0 Å². The first-order valence-electron chi connectivity index (χ1n) is 6.18. The summed E-state index contributed by atoms with van der Waals surface area (Å²) in [5.41, 5.74) is 7.64. The number of hydrogen-bond donors (Lipinski definition) is 2. The van der Waals surface area contributed by atoms with Gasteiger partial charge < -0.3 is 5.73 Å². The predicted octanol–water partition coefficient (Wildman–Crippen LogP) is 2.43. The van der Waals surface area contributed by atoms with Crippen molar-refractivity contribution in [3.05, 3.63) is 53.2 Å². The smallest absolute Gasteiger partial charge is 0.271 e. The van der Waals surface area contributed by atoms with Crippen molar-refractivity contribution in [3.63, 3.8) is 0 Å². The number of nitrogens with zero attached hydrogens (tertiary/aromatic N) is 3. The number of hydrogen-bond acceptors (Lipinski definition) is 4. The fraction of sp³-hybridized carbons (Fsp3) is 0. The molecule has 2 heterocycles. The lowest BCUT2D eigenvalue weighted by molar-refractivity contribution is 0.0996. The Labute approximate surface area is 129 Å². The van der Waals surface area contributed by atoms with Crippen LogP contribution >= 0.6 is 11.6 Å². The summed E-state index contributed by atoms with van der Waals surface area (Å²) in [5, 5.41) is 9.81. The number of carbonyl (C=O) groups is 1. The van der Waals surface area contributed by atoms with E-state index in [0.29, 0.717) is 16.8 Å². The number of amides is 1. The highest BCUT2D eigenvalue weighted by Gasteiger charge is 2.15. The zero-order valence-electron chi connectivity index (χ0n) is 11.0. The lowest BCUT2D eigenvalue weighted by atomic mass is 10.0. The Kier molecular flexibility index (Phi) is 3.56. The lowest BCUT2D eigenvalue weighted by Crippen LogP contribution is -2.12. The molecule has 0 fully saturated rings. The molecule has 3 N–H and O–H groups in total. The molecule has 3 rings (SSSR count). The van der Waals surface area contributed by atoms with E-state index in [1.165, 1.54) is 12.3 Å². The highest BCUT2D eigenvalue weighted by Crippen LogP contribution is 2.26. The predicted molar refractivity (Wildman–Crippen MR) is 78.5 cm³/mol. The number of carbonyl (C=O) groups excluding carboxylic acids is 1. The molecule has 0 unspecified atom stereocenters. The molecule has 0 spiro atoms. The summed E-state index contributed by atoms with van der Waals surface area (Å²) in [4.78, 5) is 15.0. The number of benzene rings is 1. The number of aromatic nitrogens is 4. The quantitative estimate of drug-likeness (QED) is 0.725. The van der Waals surface area contributed by atoms with E-state index in [0.717, 1.165) is 5.56 Å². The molecule has 0 radical (unpaired) electrons. The molecule has 6 nitrogen and oxygen atoms in total. The minimum absolute atomic E-state index is 0.0620. The van der Waals surface area contributed by atoms with E-state index in [2.05, 4.69) is 20.4 Å². The van der Waals surface area contributed by atoms with E-state index in [4.69, 9.17) is 17.3 Å². The van der Waals surface area contributed by atoms with Gasteiger partial charge in [-0.3, -0.25) is 4.79 Å². The number of aromatic amines is 1. The maximum atomic E-state index is 13.4. The summed E-state index contributed by atoms with van der Waals surface area (Å²) < 4.78 is 13.4. The SMILES string of the molecule is NC(=O)c1n[nH]nc1-c1ccc(-c2cnc(Cl)c(F)c2)cc1. The van der Waals surface area contributed by atoms with Crippen molar-refractivity contribution in [1.29, 1.82) is 0 Å². The average molecular weight is 318 g/mol. The van der Waals surface area contributed by atoms with Crippen molar-refractivity contribution in [1.82, 2.24) is 20.4 Å². The average Bonchev–Trinajstić information content (AvgIpc) is 3.00. The molecule has 110 valence electrons. The Bertz CT molecular complexity index is 847. The Morgan fingerprint density at radius 1 is 1.14 bits per heavy atom. The molecule has 0 saturated heterocycles. The van der Waals surface area contributed by atoms with Crippen molar-refractivity contribution in [3.8, 4) is 22.4 Å². The van der Waals surface area contributed by atoms with Crippen molar-refractivity contribution in [2.45, 2.75) is 0 Å². The molecule has 1 amide bonds. The number of nitrogens with two attached hydrogens (primary N) is 1. The van der Waals surface area contributed by atoms with E-state index < -0.39 is 11.7 Å². The summed E-state index contributed by atoms with van der Waals surface area (Å²) in [6.07, 6.45) is 1.48. The van der Waals surface area contributed by atoms with Gasteiger partial charge in [0, 0.05) is 17.3 Å². The second-order valence-corrected chi connectivity index (χ2v) is 4.82. The molecule has 22 heavy (non-hydrogen) atoms. The zero-order chi connectivity index (χ0) is 15.7. The van der Waals surface area contributed by atoms with Crippen LogP contribution in [0.1, 0.15) is 10.5 Å². The van der Waals surface area contributed by atoms with Gasteiger partial charge in [0.15, 0.2) is 16.7 Å². The summed E-state index contributed by atoms with van der Waals surface area (Å²) in [5.74, 6) is -1.26. The molecule has 1 aromatic carbocycles. The first-order valence-corrected chi connectivity index (χ1v) is 6.56. The van der Waals surface area contributed by atoms with Crippen molar-refractivity contribution in [2.75, 3.05) is 0 Å². The first kappa shape index (κ1) is 14.2. The van der Waals surface area contributed by atoms with Crippen molar-refractivity contribution >= 4 is 17.5 Å². The van der Waals surface area contributed by atoms with Gasteiger partial charge in [-0.1, -0.05) is 35.9 Å². The van der Waals surface area contributed by atoms with E-state index in [1.807, 2.05) is 0 Å². The largest absolute Gasteiger partial charge is 0.364 e. The van der Waals surface area contributed by atoms with Crippen LogP contribution in [0.5, 0.6) is 0 Å². The normalized spacial score (nSPS) is 10.6. The lowest BCUT2D eigenvalue weighted by Gasteiger charge is -2.04. The number of halogens is 2. The highest BCUT2D eigenvalue weighted by atomic mass is 35.5. The van der Waals surface area contributed by atoms with Gasteiger partial charge in [0.05, 0.1) is 0 Å². The third kappa shape index (κ3) is 2.53. The Morgan fingerprint density at radius 2 is 1.82 bits per heavy atom. The molecule has 0 bridgehead atoms. The number of primary amides is 1. The monoisotopic (exact) mass is 317 g/mol. The molecular weight excluding hydrogens is 309 g/mol. The van der Waals surface area contributed by atoms with Crippen LogP contribution in [0.2, 0.25) is 5.15 Å². The molecular formula is C14H9ClFN5O. The van der Waals surface area contributed by atoms with Gasteiger partial charge in [0.2, 0.25) is 0 Å². The van der Waals surface area contributed by atoms with E-state index >= 15 is 0 Å². The van der Waals surface area contributed by atoms with Crippen LogP contribution in [-0.2, 0) is 0 Å². The number of nitrogens with one attached hydrogen (secondary N) is 1. The Hall–Kier alpha value is -2.80. The molecule has 2 aromatic heterocycles. The van der Waals surface area contributed by atoms with Gasteiger partial charge in [-0.25, -0.2) is 9.37 Å². The van der Waals surface area contributed by atoms with Gasteiger partial charge in [-0.05, 0) is 11.6 Å². The molecule has 0 aliphatic carbocycles. The second kappa shape index (κ2) is 5.53. The number of H-pyrrole nitrogens is 1. The summed E-state index contributed by atoms with van der Waals surface area (Å²) >= 11 is 5.56. The first-order chi connectivity index (χ1) is 10.6. The van der Waals surface area contributed by atoms with Gasteiger partial charge in [-0.2, -0.15) is 15.4 Å². The van der Waals surface area contributed by atoms with Crippen molar-refractivity contribution in [2.24, 2.45) is 5.73 Å². The Balaban J connectivity index is 1.97. The van der Waals surface area contributed by atoms with Crippen LogP contribution in [0.4, 0.5) is 4.39 Å². The van der Waals surface area contributed by atoms with Crippen LogP contribution in [0.15, 0.2) is 36.5 Å². The highest BCUT2D eigenvalue weighted by molar-refractivity contribution is 6.29. The maximum absolute atomic E-state index is 13.4.